The van der Waals surface area contributed by atoms with Gasteiger partial charge >= 0.3 is 11.9 Å². The molecule has 3 aliphatic heterocycles. The van der Waals surface area contributed by atoms with Crippen LogP contribution in [0.15, 0.2) is 12.2 Å². The van der Waals surface area contributed by atoms with Gasteiger partial charge in [0.05, 0.1) is 24.2 Å². The highest BCUT2D eigenvalue weighted by Gasteiger charge is 3.00. The van der Waals surface area contributed by atoms with Crippen molar-refractivity contribution >= 4 is 11.9 Å². The van der Waals surface area contributed by atoms with Crippen molar-refractivity contribution in [3.05, 3.63) is 12.2 Å². The van der Waals surface area contributed by atoms with Crippen LogP contribution in [-0.4, -0.2) is 91.5 Å². The summed E-state index contributed by atoms with van der Waals surface area (Å²) in [7, 11) is 0. The predicted octanol–water partition coefficient (Wildman–Crippen LogP) is 0.132. The van der Waals surface area contributed by atoms with Gasteiger partial charge in [0.2, 0.25) is 0 Å². The average molecular weight is 504 g/mol. The van der Waals surface area contributed by atoms with Crippen molar-refractivity contribution in [3.63, 3.8) is 0 Å². The quantitative estimate of drug-likeness (QED) is 0.312. The van der Waals surface area contributed by atoms with Gasteiger partial charge in [-0.2, -0.15) is 0 Å². The number of esters is 2. The summed E-state index contributed by atoms with van der Waals surface area (Å²) in [5.41, 5.74) is -5.51. The Morgan fingerprint density at radius 3 is 2.53 bits per heavy atom. The van der Waals surface area contributed by atoms with Crippen LogP contribution in [0.2, 0.25) is 0 Å². The fourth-order valence-electron chi connectivity index (χ4n) is 11.4. The fraction of sp³-hybridized carbons (Fsp3) is 0.852. The van der Waals surface area contributed by atoms with Crippen molar-refractivity contribution in [1.29, 1.82) is 0 Å². The number of nitrogens with zero attached hydrogens (tertiary/aromatic N) is 1. The van der Waals surface area contributed by atoms with Crippen molar-refractivity contribution < 1.29 is 39.5 Å². The van der Waals surface area contributed by atoms with E-state index in [0.717, 1.165) is 0 Å². The van der Waals surface area contributed by atoms with Gasteiger partial charge in [0.25, 0.3) is 0 Å². The van der Waals surface area contributed by atoms with E-state index in [2.05, 4.69) is 11.5 Å². The maximum absolute atomic E-state index is 13.0. The summed E-state index contributed by atoms with van der Waals surface area (Å²) in [6.07, 6.45) is -2.61. The topological polar surface area (TPSA) is 137 Å². The molecule has 9 rings (SSSR count). The Bertz CT molecular complexity index is 1110. The van der Waals surface area contributed by atoms with Crippen LogP contribution in [0.5, 0.6) is 0 Å². The van der Waals surface area contributed by atoms with E-state index in [1.54, 1.807) is 6.92 Å². The predicted molar refractivity (Wildman–Crippen MR) is 124 cm³/mol. The van der Waals surface area contributed by atoms with E-state index in [4.69, 9.17) is 9.47 Å². The first-order chi connectivity index (χ1) is 16.8. The Hall–Kier alpha value is -1.52. The number of fused-ring (bicyclic) bond motifs is 1. The van der Waals surface area contributed by atoms with Gasteiger partial charge in [0.15, 0.2) is 0 Å². The van der Waals surface area contributed by atoms with Gasteiger partial charge in [-0.15, -0.1) is 0 Å². The van der Waals surface area contributed by atoms with Gasteiger partial charge < -0.3 is 29.9 Å². The molecule has 15 atom stereocenters. The van der Waals surface area contributed by atoms with Crippen LogP contribution in [0, 0.1) is 34.0 Å². The lowest BCUT2D eigenvalue weighted by atomic mass is 9.36. The monoisotopic (exact) mass is 503 g/mol. The van der Waals surface area contributed by atoms with E-state index >= 15 is 0 Å². The van der Waals surface area contributed by atoms with Crippen LogP contribution < -0.4 is 0 Å². The number of hydrogen-bond donors (Lipinski definition) is 4. The lowest BCUT2D eigenvalue weighted by Gasteiger charge is -2.71. The molecule has 9 heteroatoms. The van der Waals surface area contributed by atoms with E-state index < -0.39 is 75.8 Å². The zero-order valence-corrected chi connectivity index (χ0v) is 21.3. The van der Waals surface area contributed by atoms with Gasteiger partial charge in [-0.3, -0.25) is 14.5 Å². The van der Waals surface area contributed by atoms with E-state index in [1.807, 2.05) is 13.8 Å². The standard InChI is InChI=1S/C27H37NO8/c1-6-11(2)21(32)36-15-9-25-17-14-8-24-7-12(3)16(19(31)27(24,25)34)18(30)26(24,33)22(25)28(14)10-23(17,5)20(15)35-13(4)29/h11,14-20,22,30-31,33-34H,3,6-10H2,1-2,4-5H3. The second kappa shape index (κ2) is 6.37. The molecule has 36 heavy (non-hydrogen) atoms. The first kappa shape index (κ1) is 23.6. The molecule has 15 unspecified atom stereocenters. The van der Waals surface area contributed by atoms with Crippen LogP contribution in [0.25, 0.3) is 0 Å². The molecule has 0 radical (unpaired) electrons. The molecule has 0 aromatic rings. The lowest BCUT2D eigenvalue weighted by molar-refractivity contribution is -0.345. The largest absolute Gasteiger partial charge is 0.458 e. The van der Waals surface area contributed by atoms with Crippen LogP contribution in [-0.2, 0) is 19.1 Å². The Labute approximate surface area is 210 Å². The highest BCUT2D eigenvalue weighted by Crippen LogP contribution is 2.89. The smallest absolute Gasteiger partial charge is 0.309 e. The molecule has 9 aliphatic rings. The number of ether oxygens (including phenoxy) is 2. The molecule has 198 valence electrons. The Kier molecular flexibility index (Phi) is 4.17. The average Bonchev–Trinajstić information content (AvgIpc) is 3.23. The SMILES string of the molecule is C=C1CC23CC4C5C6(C)CN4C4C2(O)C(O)C1C(O)C3(O)C54CC(OC(=O)C(C)CC)C6OC(C)=O. The molecule has 2 spiro atoms. The molecule has 0 amide bonds. The van der Waals surface area contributed by atoms with E-state index in [-0.39, 0.29) is 24.3 Å². The Morgan fingerprint density at radius 2 is 1.89 bits per heavy atom. The molecule has 3 saturated heterocycles. The third-order valence-corrected chi connectivity index (χ3v) is 12.3. The Balaban J connectivity index is 1.44. The molecule has 9 fully saturated rings. The van der Waals surface area contributed by atoms with E-state index in [9.17, 15) is 30.0 Å². The van der Waals surface area contributed by atoms with E-state index in [0.29, 0.717) is 31.4 Å². The molecule has 9 bridgehead atoms. The van der Waals surface area contributed by atoms with Crippen molar-refractivity contribution in [2.45, 2.75) is 101 Å². The van der Waals surface area contributed by atoms with Gasteiger partial charge in [0.1, 0.15) is 23.4 Å². The summed E-state index contributed by atoms with van der Waals surface area (Å²) < 4.78 is 12.0. The maximum Gasteiger partial charge on any atom is 0.309 e. The van der Waals surface area contributed by atoms with Crippen molar-refractivity contribution in [2.75, 3.05) is 6.54 Å². The van der Waals surface area contributed by atoms with Crippen molar-refractivity contribution in [1.82, 2.24) is 4.90 Å². The molecule has 6 aliphatic carbocycles. The van der Waals surface area contributed by atoms with Gasteiger partial charge in [-0.25, -0.2) is 0 Å². The van der Waals surface area contributed by atoms with Crippen LogP contribution in [0.1, 0.15) is 53.4 Å². The zero-order chi connectivity index (χ0) is 26.0. The number of aliphatic hydroxyl groups excluding tert-OH is 2. The highest BCUT2D eigenvalue weighted by molar-refractivity contribution is 5.72. The van der Waals surface area contributed by atoms with Crippen LogP contribution in [0.4, 0.5) is 0 Å². The van der Waals surface area contributed by atoms with Crippen LogP contribution >= 0.6 is 0 Å². The van der Waals surface area contributed by atoms with Crippen LogP contribution in [0.3, 0.4) is 0 Å². The highest BCUT2D eigenvalue weighted by atomic mass is 16.6. The molecule has 4 N–H and O–H groups in total. The van der Waals surface area contributed by atoms with E-state index in [1.165, 1.54) is 6.92 Å². The second-order valence-electron chi connectivity index (χ2n) is 13.3. The summed E-state index contributed by atoms with van der Waals surface area (Å²) in [6, 6.07) is -0.607. The summed E-state index contributed by atoms with van der Waals surface area (Å²) in [5, 5.41) is 48.6. The summed E-state index contributed by atoms with van der Waals surface area (Å²) in [5.74, 6) is -2.25. The molecular weight excluding hydrogens is 466 g/mol. The molecular formula is C27H37NO8. The van der Waals surface area contributed by atoms with Gasteiger partial charge in [-0.05, 0) is 31.6 Å². The third kappa shape index (κ3) is 1.92. The number of carbonyl (C=O) groups is 2. The molecule has 3 heterocycles. The number of aliphatic hydroxyl groups is 4. The second-order valence-corrected chi connectivity index (χ2v) is 13.3. The molecule has 9 nitrogen and oxygen atoms in total. The normalized spacial score (nSPS) is 61.4. The molecule has 0 aromatic carbocycles. The van der Waals surface area contributed by atoms with Gasteiger partial charge in [0, 0.05) is 41.7 Å². The van der Waals surface area contributed by atoms with Gasteiger partial charge in [-0.1, -0.05) is 32.9 Å². The zero-order valence-electron chi connectivity index (χ0n) is 21.3. The fourth-order valence-corrected chi connectivity index (χ4v) is 11.4. The maximum atomic E-state index is 13.0. The minimum absolute atomic E-state index is 0.00771. The minimum Gasteiger partial charge on any atom is -0.458 e. The molecule has 0 aromatic heterocycles. The molecule has 6 saturated carbocycles. The summed E-state index contributed by atoms with van der Waals surface area (Å²) >= 11 is 0. The summed E-state index contributed by atoms with van der Waals surface area (Å²) in [6.45, 7) is 11.7. The first-order valence-electron chi connectivity index (χ1n) is 13.4. The summed E-state index contributed by atoms with van der Waals surface area (Å²) in [4.78, 5) is 27.5. The number of hydrogen-bond acceptors (Lipinski definition) is 9. The van der Waals surface area contributed by atoms with Crippen molar-refractivity contribution in [3.8, 4) is 0 Å². The third-order valence-electron chi connectivity index (χ3n) is 12.3. The minimum atomic E-state index is -1.70. The number of piperidine rings is 2. The lowest BCUT2D eigenvalue weighted by Crippen LogP contribution is -2.83. The number of rotatable bonds is 4. The Morgan fingerprint density at radius 1 is 1.19 bits per heavy atom. The number of carbonyl (C=O) groups excluding carboxylic acids is 2. The first-order valence-corrected chi connectivity index (χ1v) is 13.4. The van der Waals surface area contributed by atoms with Crippen molar-refractivity contribution in [2.24, 2.45) is 34.0 Å².